The van der Waals surface area contributed by atoms with E-state index >= 15 is 0 Å². The van der Waals surface area contributed by atoms with Gasteiger partial charge in [0.1, 0.15) is 23.4 Å². The maximum Gasteiger partial charge on any atom is 0.142 e. The molecule has 0 bridgehead atoms. The maximum absolute atomic E-state index is 13.3. The monoisotopic (exact) mass is 269 g/mol. The van der Waals surface area contributed by atoms with Crippen molar-refractivity contribution in [1.29, 1.82) is 5.26 Å². The van der Waals surface area contributed by atoms with E-state index in [0.29, 0.717) is 18.1 Å². The number of aromatic nitrogens is 1. The lowest BCUT2D eigenvalue weighted by molar-refractivity contribution is 0.545. The number of nitrogens with one attached hydrogen (secondary N) is 1. The van der Waals surface area contributed by atoms with Crippen molar-refractivity contribution < 1.29 is 4.39 Å². The molecule has 0 atom stereocenters. The van der Waals surface area contributed by atoms with E-state index in [-0.39, 0.29) is 11.2 Å². The van der Waals surface area contributed by atoms with Gasteiger partial charge < -0.3 is 5.32 Å². The number of hydrogen-bond donors (Lipinski definition) is 1. The summed E-state index contributed by atoms with van der Waals surface area (Å²) in [5.41, 5.74) is 1.05. The van der Waals surface area contributed by atoms with Crippen molar-refractivity contribution in [2.45, 2.75) is 19.3 Å². The number of nitrogens with zero attached hydrogens (tertiary/aromatic N) is 2. The lowest BCUT2D eigenvalue weighted by Crippen LogP contribution is -2.28. The number of anilines is 1. The number of hydrogen-bond acceptors (Lipinski definition) is 3. The fourth-order valence-corrected chi connectivity index (χ4v) is 1.92. The molecule has 20 heavy (non-hydrogen) atoms. The fourth-order valence-electron chi connectivity index (χ4n) is 1.92. The van der Waals surface area contributed by atoms with Gasteiger partial charge in [-0.25, -0.2) is 9.37 Å². The third kappa shape index (κ3) is 3.33. The standard InChI is InChI=1S/C16H16FN3/c1-16(2,12-5-3-6-13(17)9-12)11-19-15-8-4-7-14(10-18)20-15/h3-9H,11H2,1-2H3,(H,19,20). The van der Waals surface area contributed by atoms with Crippen LogP contribution in [0.2, 0.25) is 0 Å². The van der Waals surface area contributed by atoms with Gasteiger partial charge >= 0.3 is 0 Å². The lowest BCUT2D eigenvalue weighted by atomic mass is 9.84. The summed E-state index contributed by atoms with van der Waals surface area (Å²) in [6, 6.07) is 13.8. The van der Waals surface area contributed by atoms with Crippen LogP contribution >= 0.6 is 0 Å². The quantitative estimate of drug-likeness (QED) is 0.924. The molecule has 0 saturated carbocycles. The molecule has 1 aromatic heterocycles. The Hall–Kier alpha value is -2.41. The topological polar surface area (TPSA) is 48.7 Å². The number of halogens is 1. The van der Waals surface area contributed by atoms with E-state index in [0.717, 1.165) is 5.56 Å². The van der Waals surface area contributed by atoms with Crippen molar-refractivity contribution >= 4 is 5.82 Å². The highest BCUT2D eigenvalue weighted by Gasteiger charge is 2.21. The van der Waals surface area contributed by atoms with Crippen LogP contribution in [-0.2, 0) is 5.41 Å². The summed E-state index contributed by atoms with van der Waals surface area (Å²) in [6.07, 6.45) is 0. The molecule has 0 unspecified atom stereocenters. The molecule has 0 amide bonds. The van der Waals surface area contributed by atoms with Crippen molar-refractivity contribution in [2.75, 3.05) is 11.9 Å². The maximum atomic E-state index is 13.3. The van der Waals surface area contributed by atoms with Gasteiger partial charge in [0.2, 0.25) is 0 Å². The predicted molar refractivity (Wildman–Crippen MR) is 76.9 cm³/mol. The van der Waals surface area contributed by atoms with Crippen molar-refractivity contribution in [2.24, 2.45) is 0 Å². The van der Waals surface area contributed by atoms with Crippen LogP contribution in [0.25, 0.3) is 0 Å². The largest absolute Gasteiger partial charge is 0.369 e. The summed E-state index contributed by atoms with van der Waals surface area (Å²) in [5.74, 6) is 0.411. The summed E-state index contributed by atoms with van der Waals surface area (Å²) in [6.45, 7) is 4.66. The van der Waals surface area contributed by atoms with E-state index in [1.54, 1.807) is 24.3 Å². The highest BCUT2D eigenvalue weighted by atomic mass is 19.1. The first-order chi connectivity index (χ1) is 9.51. The smallest absolute Gasteiger partial charge is 0.142 e. The Kier molecular flexibility index (Phi) is 3.99. The van der Waals surface area contributed by atoms with Gasteiger partial charge in [-0.3, -0.25) is 0 Å². The molecule has 102 valence electrons. The van der Waals surface area contributed by atoms with Crippen LogP contribution in [0.5, 0.6) is 0 Å². The SMILES string of the molecule is CC(C)(CNc1cccc(C#N)n1)c1cccc(F)c1. The molecule has 3 nitrogen and oxygen atoms in total. The molecule has 0 radical (unpaired) electrons. The first-order valence-electron chi connectivity index (χ1n) is 6.38. The molecular formula is C16H16FN3. The summed E-state index contributed by atoms with van der Waals surface area (Å²) >= 11 is 0. The molecule has 4 heteroatoms. The minimum atomic E-state index is -0.244. The third-order valence-electron chi connectivity index (χ3n) is 3.18. The summed E-state index contributed by atoms with van der Waals surface area (Å²) < 4.78 is 13.3. The fraction of sp³-hybridized carbons (Fsp3) is 0.250. The van der Waals surface area contributed by atoms with Gasteiger partial charge in [-0.15, -0.1) is 0 Å². The molecule has 1 N–H and O–H groups in total. The number of benzene rings is 1. The van der Waals surface area contributed by atoms with Crippen LogP contribution in [0.3, 0.4) is 0 Å². The second-order valence-corrected chi connectivity index (χ2v) is 5.27. The van der Waals surface area contributed by atoms with Gasteiger partial charge in [-0.05, 0) is 29.8 Å². The summed E-state index contributed by atoms with van der Waals surface area (Å²) in [5, 5.41) is 12.0. The Bertz CT molecular complexity index is 644. The lowest BCUT2D eigenvalue weighted by Gasteiger charge is -2.26. The van der Waals surface area contributed by atoms with Crippen LogP contribution in [0, 0.1) is 17.1 Å². The molecule has 1 heterocycles. The molecule has 0 spiro atoms. The van der Waals surface area contributed by atoms with E-state index in [4.69, 9.17) is 5.26 Å². The van der Waals surface area contributed by atoms with Crippen molar-refractivity contribution in [3.05, 3.63) is 59.5 Å². The van der Waals surface area contributed by atoms with Gasteiger partial charge in [0.25, 0.3) is 0 Å². The van der Waals surface area contributed by atoms with E-state index < -0.39 is 0 Å². The van der Waals surface area contributed by atoms with Crippen molar-refractivity contribution in [1.82, 2.24) is 4.98 Å². The molecule has 0 aliphatic heterocycles. The molecular weight excluding hydrogens is 253 g/mol. The highest BCUT2D eigenvalue weighted by Crippen LogP contribution is 2.24. The normalized spacial score (nSPS) is 10.9. The average molecular weight is 269 g/mol. The Labute approximate surface area is 118 Å². The third-order valence-corrected chi connectivity index (χ3v) is 3.18. The minimum Gasteiger partial charge on any atom is -0.369 e. The van der Waals surface area contributed by atoms with E-state index in [1.807, 2.05) is 32.0 Å². The van der Waals surface area contributed by atoms with Gasteiger partial charge in [-0.1, -0.05) is 32.0 Å². The molecule has 0 fully saturated rings. The molecule has 2 rings (SSSR count). The van der Waals surface area contributed by atoms with Crippen LogP contribution < -0.4 is 5.32 Å². The van der Waals surface area contributed by atoms with Crippen LogP contribution in [0.15, 0.2) is 42.5 Å². The summed E-state index contributed by atoms with van der Waals surface area (Å²) in [4.78, 5) is 4.16. The molecule has 2 aromatic rings. The van der Waals surface area contributed by atoms with Gasteiger partial charge in [0, 0.05) is 12.0 Å². The second-order valence-electron chi connectivity index (χ2n) is 5.27. The van der Waals surface area contributed by atoms with Gasteiger partial charge in [0.05, 0.1) is 0 Å². The van der Waals surface area contributed by atoms with E-state index in [1.165, 1.54) is 6.07 Å². The zero-order valence-electron chi connectivity index (χ0n) is 11.5. The minimum absolute atomic E-state index is 0.236. The van der Waals surface area contributed by atoms with Gasteiger partial charge in [0.15, 0.2) is 0 Å². The zero-order valence-corrected chi connectivity index (χ0v) is 11.5. The van der Waals surface area contributed by atoms with Crippen molar-refractivity contribution in [3.8, 4) is 6.07 Å². The zero-order chi connectivity index (χ0) is 14.6. The Morgan fingerprint density at radius 2 is 2.00 bits per heavy atom. The van der Waals surface area contributed by atoms with Gasteiger partial charge in [-0.2, -0.15) is 5.26 Å². The number of pyridine rings is 1. The van der Waals surface area contributed by atoms with E-state index in [2.05, 4.69) is 10.3 Å². The first-order valence-corrected chi connectivity index (χ1v) is 6.38. The summed E-state index contributed by atoms with van der Waals surface area (Å²) in [7, 11) is 0. The second kappa shape index (κ2) is 5.70. The molecule has 0 saturated heterocycles. The molecule has 0 aliphatic carbocycles. The predicted octanol–water partition coefficient (Wildman–Crippen LogP) is 3.48. The van der Waals surface area contributed by atoms with Crippen LogP contribution in [-0.4, -0.2) is 11.5 Å². The molecule has 1 aromatic carbocycles. The Morgan fingerprint density at radius 1 is 1.25 bits per heavy atom. The Balaban J connectivity index is 2.11. The van der Waals surface area contributed by atoms with Crippen molar-refractivity contribution in [3.63, 3.8) is 0 Å². The Morgan fingerprint density at radius 3 is 2.70 bits per heavy atom. The average Bonchev–Trinajstić information content (AvgIpc) is 2.45. The highest BCUT2D eigenvalue weighted by molar-refractivity contribution is 5.39. The number of nitriles is 1. The van der Waals surface area contributed by atoms with Crippen LogP contribution in [0.4, 0.5) is 10.2 Å². The molecule has 0 aliphatic rings. The van der Waals surface area contributed by atoms with E-state index in [9.17, 15) is 4.39 Å². The first kappa shape index (κ1) is 14.0. The number of rotatable bonds is 4. The van der Waals surface area contributed by atoms with Crippen LogP contribution in [0.1, 0.15) is 25.1 Å².